The molecule has 5 nitrogen and oxygen atoms in total. The van der Waals surface area contributed by atoms with Gasteiger partial charge in [-0.3, -0.25) is 4.90 Å². The van der Waals surface area contributed by atoms with Crippen LogP contribution in [0.25, 0.3) is 11.0 Å². The number of para-hydroxylation sites is 1. The smallest absolute Gasteiger partial charge is 0.336 e. The van der Waals surface area contributed by atoms with Gasteiger partial charge in [0.2, 0.25) is 0 Å². The second-order valence-electron chi connectivity index (χ2n) is 7.44. The first kappa shape index (κ1) is 18.6. The van der Waals surface area contributed by atoms with Crippen LogP contribution < -0.4 is 10.5 Å². The van der Waals surface area contributed by atoms with E-state index in [2.05, 4.69) is 34.1 Å². The van der Waals surface area contributed by atoms with Crippen LogP contribution in [0, 0.1) is 6.92 Å². The molecule has 0 bridgehead atoms. The zero-order chi connectivity index (χ0) is 19.7. The Labute approximate surface area is 164 Å². The molecule has 0 aliphatic carbocycles. The number of benzene rings is 2. The molecular formula is C23H26N2O3. The van der Waals surface area contributed by atoms with Gasteiger partial charge in [-0.1, -0.05) is 25.1 Å². The number of hydrogen-bond acceptors (Lipinski definition) is 5. The fourth-order valence-electron chi connectivity index (χ4n) is 4.01. The molecule has 0 radical (unpaired) electrons. The largest absolute Gasteiger partial charge is 0.507 e. The van der Waals surface area contributed by atoms with Crippen molar-refractivity contribution in [3.8, 4) is 5.75 Å². The van der Waals surface area contributed by atoms with E-state index in [1.807, 2.05) is 26.0 Å². The van der Waals surface area contributed by atoms with Crippen molar-refractivity contribution >= 4 is 16.7 Å². The zero-order valence-corrected chi connectivity index (χ0v) is 16.4. The van der Waals surface area contributed by atoms with Crippen molar-refractivity contribution < 1.29 is 9.52 Å². The molecule has 0 saturated carbocycles. The number of rotatable bonds is 4. The van der Waals surface area contributed by atoms with Gasteiger partial charge in [0, 0.05) is 49.9 Å². The highest BCUT2D eigenvalue weighted by Gasteiger charge is 2.22. The SMILES string of the molecule is CCc1cc2c(C)cc(=O)oc2c(CN2CCN(c3ccccc3)CC2)c1O. The number of phenolic OH excluding ortho intramolecular Hbond substituents is 1. The quantitative estimate of drug-likeness (QED) is 0.702. The van der Waals surface area contributed by atoms with Crippen molar-refractivity contribution in [2.45, 2.75) is 26.8 Å². The topological polar surface area (TPSA) is 56.9 Å². The number of phenols is 1. The maximum atomic E-state index is 11.9. The number of aryl methyl sites for hydroxylation is 2. The highest BCUT2D eigenvalue weighted by atomic mass is 16.4. The van der Waals surface area contributed by atoms with Crippen LogP contribution in [0.4, 0.5) is 5.69 Å². The van der Waals surface area contributed by atoms with Gasteiger partial charge in [-0.25, -0.2) is 4.79 Å². The van der Waals surface area contributed by atoms with E-state index in [-0.39, 0.29) is 11.4 Å². The highest BCUT2D eigenvalue weighted by Crippen LogP contribution is 2.33. The average molecular weight is 378 g/mol. The van der Waals surface area contributed by atoms with Crippen LogP contribution in [0.15, 0.2) is 51.7 Å². The minimum atomic E-state index is -0.371. The van der Waals surface area contributed by atoms with Gasteiger partial charge in [0.1, 0.15) is 11.3 Å². The van der Waals surface area contributed by atoms with Gasteiger partial charge in [0.25, 0.3) is 0 Å². The lowest BCUT2D eigenvalue weighted by molar-refractivity contribution is 0.246. The minimum absolute atomic E-state index is 0.259. The Kier molecular flexibility index (Phi) is 5.09. The number of anilines is 1. The molecule has 1 fully saturated rings. The molecule has 2 aromatic carbocycles. The van der Waals surface area contributed by atoms with Crippen LogP contribution in [0.3, 0.4) is 0 Å². The predicted molar refractivity (Wildman–Crippen MR) is 112 cm³/mol. The number of piperazine rings is 1. The van der Waals surface area contributed by atoms with Crippen molar-refractivity contribution in [1.82, 2.24) is 4.90 Å². The normalized spacial score (nSPS) is 15.3. The second-order valence-corrected chi connectivity index (χ2v) is 7.44. The van der Waals surface area contributed by atoms with E-state index < -0.39 is 0 Å². The average Bonchev–Trinajstić information content (AvgIpc) is 2.71. The molecule has 1 saturated heterocycles. The van der Waals surface area contributed by atoms with Crippen molar-refractivity contribution in [3.05, 3.63) is 69.6 Å². The summed E-state index contributed by atoms with van der Waals surface area (Å²) in [4.78, 5) is 16.6. The second kappa shape index (κ2) is 7.68. The van der Waals surface area contributed by atoms with Gasteiger partial charge in [0.05, 0.1) is 5.56 Å². The van der Waals surface area contributed by atoms with Crippen molar-refractivity contribution in [1.29, 1.82) is 0 Å². The van der Waals surface area contributed by atoms with Gasteiger partial charge in [-0.05, 0) is 42.7 Å². The summed E-state index contributed by atoms with van der Waals surface area (Å²) in [5, 5.41) is 11.7. The Hall–Kier alpha value is -2.79. The minimum Gasteiger partial charge on any atom is -0.507 e. The van der Waals surface area contributed by atoms with E-state index in [1.165, 1.54) is 11.8 Å². The molecule has 0 atom stereocenters. The molecule has 4 rings (SSSR count). The molecule has 1 aliphatic heterocycles. The molecule has 1 aromatic heterocycles. The number of hydrogen-bond donors (Lipinski definition) is 1. The third kappa shape index (κ3) is 3.50. The standard InChI is InChI=1S/C23H26N2O3/c1-3-17-14-19-16(2)13-21(26)28-23(19)20(22(17)27)15-24-9-11-25(12-10-24)18-7-5-4-6-8-18/h4-8,13-14,27H,3,9-12,15H2,1-2H3. The molecule has 0 amide bonds. The zero-order valence-electron chi connectivity index (χ0n) is 16.4. The monoisotopic (exact) mass is 378 g/mol. The number of nitrogens with zero attached hydrogens (tertiary/aromatic N) is 2. The predicted octanol–water partition coefficient (Wildman–Crippen LogP) is 3.69. The first-order chi connectivity index (χ1) is 13.6. The Morgan fingerprint density at radius 3 is 2.46 bits per heavy atom. The summed E-state index contributed by atoms with van der Waals surface area (Å²) in [5.74, 6) is 0.259. The van der Waals surface area contributed by atoms with E-state index >= 15 is 0 Å². The molecule has 0 unspecified atom stereocenters. The van der Waals surface area contributed by atoms with E-state index in [9.17, 15) is 9.90 Å². The lowest BCUT2D eigenvalue weighted by Crippen LogP contribution is -2.46. The van der Waals surface area contributed by atoms with Crippen molar-refractivity contribution in [2.75, 3.05) is 31.1 Å². The van der Waals surface area contributed by atoms with Crippen LogP contribution >= 0.6 is 0 Å². The lowest BCUT2D eigenvalue weighted by atomic mass is 9.99. The molecular weight excluding hydrogens is 352 g/mol. The maximum absolute atomic E-state index is 11.9. The molecule has 1 N–H and O–H groups in total. The fraction of sp³-hybridized carbons (Fsp3) is 0.348. The van der Waals surface area contributed by atoms with E-state index in [4.69, 9.17) is 4.42 Å². The van der Waals surface area contributed by atoms with Crippen molar-refractivity contribution in [3.63, 3.8) is 0 Å². The summed E-state index contributed by atoms with van der Waals surface area (Å²) < 4.78 is 5.53. The summed E-state index contributed by atoms with van der Waals surface area (Å²) in [6.07, 6.45) is 0.731. The summed E-state index contributed by atoms with van der Waals surface area (Å²) in [6.45, 7) is 8.16. The van der Waals surface area contributed by atoms with Gasteiger partial charge < -0.3 is 14.4 Å². The van der Waals surface area contributed by atoms with Crippen LogP contribution in [-0.2, 0) is 13.0 Å². The van der Waals surface area contributed by atoms with Gasteiger partial charge in [-0.2, -0.15) is 0 Å². The Morgan fingerprint density at radius 1 is 1.07 bits per heavy atom. The van der Waals surface area contributed by atoms with Gasteiger partial charge in [-0.15, -0.1) is 0 Å². The van der Waals surface area contributed by atoms with Crippen LogP contribution in [0.2, 0.25) is 0 Å². The number of aromatic hydroxyl groups is 1. The summed E-state index contributed by atoms with van der Waals surface area (Å²) >= 11 is 0. The highest BCUT2D eigenvalue weighted by molar-refractivity contribution is 5.86. The molecule has 3 aromatic rings. The van der Waals surface area contributed by atoms with Crippen molar-refractivity contribution in [2.24, 2.45) is 0 Å². The Bertz CT molecular complexity index is 1040. The summed E-state index contributed by atoms with van der Waals surface area (Å²) in [7, 11) is 0. The maximum Gasteiger partial charge on any atom is 0.336 e. The third-order valence-electron chi connectivity index (χ3n) is 5.65. The van der Waals surface area contributed by atoms with Crippen LogP contribution in [0.5, 0.6) is 5.75 Å². The van der Waals surface area contributed by atoms with Crippen LogP contribution in [0.1, 0.15) is 23.6 Å². The molecule has 2 heterocycles. The Morgan fingerprint density at radius 2 is 1.79 bits per heavy atom. The third-order valence-corrected chi connectivity index (χ3v) is 5.65. The first-order valence-electron chi connectivity index (χ1n) is 9.87. The molecule has 146 valence electrons. The van der Waals surface area contributed by atoms with Gasteiger partial charge in [0.15, 0.2) is 0 Å². The first-order valence-corrected chi connectivity index (χ1v) is 9.87. The van der Waals surface area contributed by atoms with E-state index in [0.29, 0.717) is 12.1 Å². The van der Waals surface area contributed by atoms with E-state index in [1.54, 1.807) is 0 Å². The summed E-state index contributed by atoms with van der Waals surface area (Å²) in [6, 6.07) is 13.9. The number of fused-ring (bicyclic) bond motifs is 1. The van der Waals surface area contributed by atoms with E-state index in [0.717, 1.165) is 54.7 Å². The molecule has 5 heteroatoms. The summed E-state index contributed by atoms with van der Waals surface area (Å²) in [5.41, 5.74) is 3.89. The Balaban J connectivity index is 1.61. The lowest BCUT2D eigenvalue weighted by Gasteiger charge is -2.36. The van der Waals surface area contributed by atoms with Crippen LogP contribution in [-0.4, -0.2) is 36.2 Å². The molecule has 1 aliphatic rings. The fourth-order valence-corrected chi connectivity index (χ4v) is 4.01. The van der Waals surface area contributed by atoms with Gasteiger partial charge >= 0.3 is 5.63 Å². The molecule has 0 spiro atoms. The molecule has 28 heavy (non-hydrogen) atoms.